The molecule has 0 radical (unpaired) electrons. The van der Waals surface area contributed by atoms with Gasteiger partial charge in [-0.2, -0.15) is 36.5 Å². The Morgan fingerprint density at radius 3 is 1.92 bits per heavy atom. The molecule has 72 heavy (non-hydrogen) atoms. The van der Waals surface area contributed by atoms with Crippen molar-refractivity contribution in [3.63, 3.8) is 0 Å². The third kappa shape index (κ3) is 10.7. The van der Waals surface area contributed by atoms with Gasteiger partial charge in [-0.3, -0.25) is 28.5 Å². The second kappa shape index (κ2) is 20.0. The molecule has 2 bridgehead atoms. The van der Waals surface area contributed by atoms with Crippen molar-refractivity contribution in [3.05, 3.63) is 163 Å². The highest BCUT2D eigenvalue weighted by molar-refractivity contribution is 5.95. The van der Waals surface area contributed by atoms with Crippen molar-refractivity contribution in [1.29, 1.82) is 0 Å². The van der Waals surface area contributed by atoms with Crippen molar-refractivity contribution in [2.45, 2.75) is 63.5 Å². The van der Waals surface area contributed by atoms with Crippen LogP contribution in [-0.4, -0.2) is 105 Å². The number of aliphatic carboxylic acids is 1. The van der Waals surface area contributed by atoms with Crippen LogP contribution in [0, 0.1) is 23.3 Å². The lowest BCUT2D eigenvalue weighted by molar-refractivity contribution is -0.192. The number of piperazine rings is 1. The third-order valence-electron chi connectivity index (χ3n) is 12.0. The van der Waals surface area contributed by atoms with E-state index in [0.29, 0.717) is 28.7 Å². The second-order valence-electron chi connectivity index (χ2n) is 16.7. The Balaban J connectivity index is 0.000000172. The molecule has 7 aromatic rings. The number of nitrogens with one attached hydrogen (secondary N) is 1. The number of halogens is 10. The van der Waals surface area contributed by atoms with Crippen LogP contribution in [0.25, 0.3) is 21.8 Å². The summed E-state index contributed by atoms with van der Waals surface area (Å²) in [7, 11) is 0. The quantitative estimate of drug-likeness (QED) is 0.188. The number of rotatable bonds is 6. The van der Waals surface area contributed by atoms with Crippen LogP contribution in [0.3, 0.4) is 0 Å². The van der Waals surface area contributed by atoms with Gasteiger partial charge in [-0.1, -0.05) is 18.2 Å². The van der Waals surface area contributed by atoms with Crippen molar-refractivity contribution in [2.24, 2.45) is 0 Å². The molecular weight excluding hydrogens is 979 g/mol. The van der Waals surface area contributed by atoms with Crippen molar-refractivity contribution < 1.29 is 63.4 Å². The number of aromatic nitrogens is 7. The molecule has 0 saturated carbocycles. The van der Waals surface area contributed by atoms with E-state index in [0.717, 1.165) is 48.5 Å². The summed E-state index contributed by atoms with van der Waals surface area (Å²) in [6, 6.07) is 16.6. The minimum atomic E-state index is -5.08. The Morgan fingerprint density at radius 1 is 0.708 bits per heavy atom. The van der Waals surface area contributed by atoms with Crippen LogP contribution in [0.15, 0.2) is 94.8 Å². The predicted octanol–water partition coefficient (Wildman–Crippen LogP) is 5.92. The lowest BCUT2D eigenvalue weighted by Crippen LogP contribution is -2.62. The van der Waals surface area contributed by atoms with Gasteiger partial charge in [-0.15, -0.1) is 10.2 Å². The molecule has 11 rings (SSSR count). The van der Waals surface area contributed by atoms with Gasteiger partial charge in [0.05, 0.1) is 65.0 Å². The zero-order valence-electron chi connectivity index (χ0n) is 36.9. The average molecular weight is 1010 g/mol. The van der Waals surface area contributed by atoms with Gasteiger partial charge in [0.15, 0.2) is 5.82 Å². The number of carboxylic acids is 1. The summed E-state index contributed by atoms with van der Waals surface area (Å²) in [5, 5.41) is 25.4. The van der Waals surface area contributed by atoms with Crippen LogP contribution in [-0.2, 0) is 37.1 Å². The van der Waals surface area contributed by atoms with E-state index >= 15 is 0 Å². The number of nitrogens with zero attached hydrogens (tertiary/aromatic N) is 9. The largest absolute Gasteiger partial charge is 0.490 e. The first-order valence-corrected chi connectivity index (χ1v) is 21.6. The third-order valence-corrected chi connectivity index (χ3v) is 12.0. The zero-order valence-corrected chi connectivity index (χ0v) is 36.9. The maximum absolute atomic E-state index is 14.6. The van der Waals surface area contributed by atoms with Gasteiger partial charge >= 0.3 is 18.3 Å². The Labute approximate surface area is 397 Å². The molecule has 2 unspecified atom stereocenters. The summed E-state index contributed by atoms with van der Waals surface area (Å²) in [5.74, 6) is -7.55. The first kappa shape index (κ1) is 50.4. The van der Waals surface area contributed by atoms with Gasteiger partial charge in [-0.25, -0.2) is 22.4 Å². The van der Waals surface area contributed by atoms with Crippen LogP contribution in [0.1, 0.15) is 56.3 Å². The number of carbonyl (C=O) groups is 3. The standard InChI is InChI=1S/C22H15F5N6O2.C22H20F2N4O2.C2HF3O2/c23-13-2-4-17-15(8-13)18(34)9-28-33(17)10-12-1-3-16(24)14(7-12)20(35)31-5-6-32-19(11-31)29-30-21(32)22(25,26)27;23-17-7-4-13(8-16(17)22(30)27-12-14-5-6-15(27)9-25-14)11-28-19-3-1-2-18(24)21(19)20(29)10-26-28;3-2(4,5)1(6)7/h1-4,7-9H,5-6,10-11H2;1-4,7-8,10,14-15,25H,5-6,9,11-12H2;(H,6,7). The van der Waals surface area contributed by atoms with Crippen LogP contribution in [0.2, 0.25) is 0 Å². The molecule has 3 aromatic heterocycles. The number of alkyl halides is 6. The van der Waals surface area contributed by atoms with E-state index in [-0.39, 0.29) is 78.4 Å². The van der Waals surface area contributed by atoms with Gasteiger partial charge in [0.1, 0.15) is 23.3 Å². The first-order chi connectivity index (χ1) is 34.1. The lowest BCUT2D eigenvalue weighted by Gasteiger charge is -2.46. The number of hydrogen-bond acceptors (Lipinski definition) is 10. The molecule has 3 fully saturated rings. The average Bonchev–Trinajstić information content (AvgIpc) is 3.79. The van der Waals surface area contributed by atoms with Gasteiger partial charge in [0.2, 0.25) is 16.7 Å². The van der Waals surface area contributed by atoms with E-state index in [4.69, 9.17) is 9.90 Å². The fourth-order valence-electron chi connectivity index (χ4n) is 8.50. The fraction of sp³-hybridized carbons (Fsp3) is 0.283. The van der Waals surface area contributed by atoms with Gasteiger partial charge < -0.3 is 24.8 Å². The molecule has 2 N–H and O–H groups in total. The lowest BCUT2D eigenvalue weighted by atomic mass is 9.92. The maximum Gasteiger partial charge on any atom is 0.490 e. The number of benzene rings is 4. The number of carboxylic acid groups (broad SMARTS) is 1. The summed E-state index contributed by atoms with van der Waals surface area (Å²) >= 11 is 0. The molecule has 376 valence electrons. The van der Waals surface area contributed by atoms with Crippen LogP contribution in [0.4, 0.5) is 43.9 Å². The Morgan fingerprint density at radius 2 is 1.33 bits per heavy atom. The molecule has 4 aliphatic rings. The van der Waals surface area contributed by atoms with E-state index in [2.05, 4.69) is 25.7 Å². The summed E-state index contributed by atoms with van der Waals surface area (Å²) in [4.78, 5) is 62.0. The summed E-state index contributed by atoms with van der Waals surface area (Å²) in [6.45, 7) is 1.00. The van der Waals surface area contributed by atoms with Gasteiger partial charge in [-0.05, 0) is 78.6 Å². The molecule has 26 heteroatoms. The van der Waals surface area contributed by atoms with Crippen molar-refractivity contribution in [2.75, 3.05) is 19.6 Å². The molecule has 0 spiro atoms. The van der Waals surface area contributed by atoms with E-state index in [1.165, 1.54) is 62.8 Å². The molecule has 4 aromatic carbocycles. The monoisotopic (exact) mass is 1010 g/mol. The highest BCUT2D eigenvalue weighted by Crippen LogP contribution is 2.30. The van der Waals surface area contributed by atoms with Gasteiger partial charge in [0.25, 0.3) is 11.8 Å². The second-order valence-corrected chi connectivity index (χ2v) is 16.7. The number of piperidine rings is 2. The highest BCUT2D eigenvalue weighted by Gasteiger charge is 2.41. The molecule has 2 amide bonds. The number of hydrogen-bond donors (Lipinski definition) is 2. The molecular formula is C46H36F10N10O6. The smallest absolute Gasteiger partial charge is 0.475 e. The molecule has 2 atom stereocenters. The van der Waals surface area contributed by atoms with Gasteiger partial charge in [0, 0.05) is 38.3 Å². The normalized spacial score (nSPS) is 16.4. The topological polar surface area (TPSA) is 190 Å². The van der Waals surface area contributed by atoms with Crippen molar-refractivity contribution >= 4 is 39.6 Å². The maximum atomic E-state index is 14.6. The van der Waals surface area contributed by atoms with Crippen LogP contribution >= 0.6 is 0 Å². The molecule has 3 saturated heterocycles. The zero-order chi connectivity index (χ0) is 51.8. The van der Waals surface area contributed by atoms with Crippen molar-refractivity contribution in [1.82, 2.24) is 49.4 Å². The van der Waals surface area contributed by atoms with E-state index < -0.39 is 64.2 Å². The van der Waals surface area contributed by atoms with Crippen molar-refractivity contribution in [3.8, 4) is 0 Å². The number of carbonyl (C=O) groups excluding carboxylic acids is 2. The Kier molecular flexibility index (Phi) is 14.0. The predicted molar refractivity (Wildman–Crippen MR) is 232 cm³/mol. The Hall–Kier alpha value is -8.03. The number of amides is 2. The van der Waals surface area contributed by atoms with E-state index in [1.807, 2.05) is 0 Å². The van der Waals surface area contributed by atoms with Crippen LogP contribution in [0.5, 0.6) is 0 Å². The minimum Gasteiger partial charge on any atom is -0.475 e. The van der Waals surface area contributed by atoms with Crippen LogP contribution < -0.4 is 16.2 Å². The molecule has 4 aliphatic heterocycles. The minimum absolute atomic E-state index is 0.0246. The van der Waals surface area contributed by atoms with E-state index in [1.54, 1.807) is 17.0 Å². The number of fused-ring (bicyclic) bond motifs is 6. The fourth-order valence-corrected chi connectivity index (χ4v) is 8.50. The first-order valence-electron chi connectivity index (χ1n) is 21.6. The Bertz CT molecular complexity index is 3370. The molecule has 0 aliphatic carbocycles. The van der Waals surface area contributed by atoms with E-state index in [9.17, 15) is 63.1 Å². The molecule has 16 nitrogen and oxygen atoms in total. The summed E-state index contributed by atoms with van der Waals surface area (Å²) < 4.78 is 131. The SMILES string of the molecule is O=C(O)C(F)(F)F.O=C(c1cc(Cn2ncc(=O)c3c(F)cccc32)ccc1F)N1CC2CCC1CN2.O=C(c1cc(Cn2ncc(=O)c3cc(F)ccc32)ccc1F)N1CCn2c(nnc2C(F)(F)F)C1. The summed E-state index contributed by atoms with van der Waals surface area (Å²) in [6.07, 6.45) is -5.71. The molecule has 7 heterocycles. The summed E-state index contributed by atoms with van der Waals surface area (Å²) in [5.41, 5.74) is 0.601. The highest BCUT2D eigenvalue weighted by atomic mass is 19.4.